The molecule has 1 aromatic rings. The fraction of sp³-hybridized carbons (Fsp3) is 0.250. The van der Waals surface area contributed by atoms with E-state index in [-0.39, 0.29) is 11.4 Å². The molecule has 0 aliphatic heterocycles. The maximum Gasteiger partial charge on any atom is 0.213 e. The summed E-state index contributed by atoms with van der Waals surface area (Å²) in [6, 6.07) is 3.61. The summed E-state index contributed by atoms with van der Waals surface area (Å²) >= 11 is 0. The fourth-order valence-electron chi connectivity index (χ4n) is 0.918. The number of aliphatic hydroxyl groups excluding tert-OH is 2. The van der Waals surface area contributed by atoms with Crippen molar-refractivity contribution in [2.24, 2.45) is 0 Å². The van der Waals surface area contributed by atoms with Crippen LogP contribution in [0.2, 0.25) is 0 Å². The lowest BCUT2D eigenvalue weighted by molar-refractivity contribution is 0.0499. The smallest absolute Gasteiger partial charge is 0.213 e. The molecule has 1 rings (SSSR count). The zero-order chi connectivity index (χ0) is 10.7. The number of nitrogens with zero attached hydrogens (tertiary/aromatic N) is 2. The molecular weight excluding hydrogens is 189 g/mol. The number of nitrogen functional groups attached to an aromatic ring is 1. The molecule has 4 N–H and O–H groups in total. The lowest BCUT2D eigenvalue weighted by atomic mass is 10.1. The number of aliphatic hydroxyl groups is 2. The zero-order valence-electron chi connectivity index (χ0n) is 7.05. The number of hydrogen-bond donors (Lipinski definition) is 3. The summed E-state index contributed by atoms with van der Waals surface area (Å²) < 4.78 is 12.6. The van der Waals surface area contributed by atoms with Crippen LogP contribution in [0.15, 0.2) is 12.1 Å². The van der Waals surface area contributed by atoms with Gasteiger partial charge in [-0.15, -0.1) is 0 Å². The predicted molar refractivity (Wildman–Crippen MR) is 45.2 cm³/mol. The maximum atomic E-state index is 12.6. The largest absolute Gasteiger partial charge is 0.397 e. The minimum atomic E-state index is -1.67. The van der Waals surface area contributed by atoms with E-state index in [2.05, 4.69) is 4.98 Å². The number of pyridine rings is 1. The molecule has 5 nitrogen and oxygen atoms in total. The molecule has 0 spiro atoms. The van der Waals surface area contributed by atoms with Crippen LogP contribution in [-0.2, 0) is 0 Å². The SMILES string of the molecule is N#CC(O)C(O)c1nc(F)ccc1N. The summed E-state index contributed by atoms with van der Waals surface area (Å²) in [4.78, 5) is 3.29. The number of nitriles is 1. The average molecular weight is 197 g/mol. The van der Waals surface area contributed by atoms with Gasteiger partial charge in [-0.05, 0) is 12.1 Å². The van der Waals surface area contributed by atoms with Crippen LogP contribution in [0.25, 0.3) is 0 Å². The highest BCUT2D eigenvalue weighted by atomic mass is 19.1. The van der Waals surface area contributed by atoms with Gasteiger partial charge in [0.2, 0.25) is 5.95 Å². The molecule has 1 aromatic heterocycles. The van der Waals surface area contributed by atoms with E-state index in [0.717, 1.165) is 6.07 Å². The third kappa shape index (κ3) is 1.96. The molecule has 1 heterocycles. The molecule has 0 aromatic carbocycles. The summed E-state index contributed by atoms with van der Waals surface area (Å²) in [7, 11) is 0. The van der Waals surface area contributed by atoms with Crippen molar-refractivity contribution in [1.82, 2.24) is 4.98 Å². The summed E-state index contributed by atoms with van der Waals surface area (Å²) in [5, 5.41) is 26.6. The topological polar surface area (TPSA) is 103 Å². The Kier molecular flexibility index (Phi) is 2.96. The molecular formula is C8H8FN3O2. The lowest BCUT2D eigenvalue weighted by Crippen LogP contribution is -2.19. The van der Waals surface area contributed by atoms with E-state index >= 15 is 0 Å². The molecule has 0 bridgehead atoms. The van der Waals surface area contributed by atoms with Gasteiger partial charge in [0.1, 0.15) is 6.10 Å². The number of anilines is 1. The Morgan fingerprint density at radius 2 is 2.14 bits per heavy atom. The Bertz CT molecular complexity index is 377. The second kappa shape index (κ2) is 4.00. The van der Waals surface area contributed by atoms with Gasteiger partial charge in [-0.1, -0.05) is 0 Å². The second-order valence-corrected chi connectivity index (χ2v) is 2.63. The fourth-order valence-corrected chi connectivity index (χ4v) is 0.918. The molecule has 14 heavy (non-hydrogen) atoms. The molecule has 0 aliphatic carbocycles. The highest BCUT2D eigenvalue weighted by molar-refractivity contribution is 5.44. The van der Waals surface area contributed by atoms with Crippen molar-refractivity contribution >= 4 is 5.69 Å². The van der Waals surface area contributed by atoms with Crippen molar-refractivity contribution in [2.45, 2.75) is 12.2 Å². The van der Waals surface area contributed by atoms with Crippen LogP contribution in [0.3, 0.4) is 0 Å². The number of halogens is 1. The minimum absolute atomic E-state index is 0.0215. The molecule has 6 heteroatoms. The van der Waals surface area contributed by atoms with E-state index in [1.807, 2.05) is 0 Å². The normalized spacial score (nSPS) is 14.4. The van der Waals surface area contributed by atoms with Crippen LogP contribution in [0.5, 0.6) is 0 Å². The third-order valence-electron chi connectivity index (χ3n) is 1.63. The summed E-state index contributed by atoms with van der Waals surface area (Å²) in [6.45, 7) is 0. The van der Waals surface area contributed by atoms with Crippen molar-refractivity contribution < 1.29 is 14.6 Å². The van der Waals surface area contributed by atoms with Gasteiger partial charge in [0.05, 0.1) is 17.5 Å². The molecule has 0 aliphatic rings. The molecule has 2 unspecified atom stereocenters. The first-order valence-electron chi connectivity index (χ1n) is 3.74. The number of aromatic nitrogens is 1. The Labute approximate surface area is 79.2 Å². The van der Waals surface area contributed by atoms with Crippen molar-refractivity contribution in [1.29, 1.82) is 5.26 Å². The van der Waals surface area contributed by atoms with Crippen molar-refractivity contribution in [3.05, 3.63) is 23.8 Å². The Morgan fingerprint density at radius 1 is 1.50 bits per heavy atom. The van der Waals surface area contributed by atoms with E-state index in [4.69, 9.17) is 16.1 Å². The first-order chi connectivity index (χ1) is 6.56. The standard InChI is InChI=1S/C8H8FN3O2/c9-6-2-1-4(11)7(12-6)8(14)5(13)3-10/h1-2,5,8,13-14H,11H2. The molecule has 0 radical (unpaired) electrons. The van der Waals surface area contributed by atoms with E-state index in [0.29, 0.717) is 0 Å². The maximum absolute atomic E-state index is 12.6. The van der Waals surface area contributed by atoms with Crippen molar-refractivity contribution in [2.75, 3.05) is 5.73 Å². The van der Waals surface area contributed by atoms with E-state index in [9.17, 15) is 9.50 Å². The van der Waals surface area contributed by atoms with Crippen LogP contribution in [0.4, 0.5) is 10.1 Å². The Morgan fingerprint density at radius 3 is 2.71 bits per heavy atom. The van der Waals surface area contributed by atoms with Gasteiger partial charge in [0, 0.05) is 0 Å². The molecule has 74 valence electrons. The van der Waals surface area contributed by atoms with Crippen LogP contribution in [0, 0.1) is 17.3 Å². The Hall–Kier alpha value is -1.71. The summed E-state index contributed by atoms with van der Waals surface area (Å²) in [5.74, 6) is -0.835. The second-order valence-electron chi connectivity index (χ2n) is 2.63. The third-order valence-corrected chi connectivity index (χ3v) is 1.63. The van der Waals surface area contributed by atoms with E-state index in [1.165, 1.54) is 12.1 Å². The molecule has 0 amide bonds. The van der Waals surface area contributed by atoms with Crippen LogP contribution < -0.4 is 5.73 Å². The van der Waals surface area contributed by atoms with Crippen molar-refractivity contribution in [3.8, 4) is 6.07 Å². The minimum Gasteiger partial charge on any atom is -0.397 e. The monoisotopic (exact) mass is 197 g/mol. The first kappa shape index (κ1) is 10.4. The molecule has 0 saturated heterocycles. The van der Waals surface area contributed by atoms with Gasteiger partial charge < -0.3 is 15.9 Å². The van der Waals surface area contributed by atoms with Crippen LogP contribution in [-0.4, -0.2) is 21.3 Å². The van der Waals surface area contributed by atoms with Gasteiger partial charge in [-0.25, -0.2) is 4.98 Å². The average Bonchev–Trinajstić information content (AvgIpc) is 2.19. The van der Waals surface area contributed by atoms with Gasteiger partial charge >= 0.3 is 0 Å². The van der Waals surface area contributed by atoms with Gasteiger partial charge in [0.15, 0.2) is 6.10 Å². The quantitative estimate of drug-likeness (QED) is 0.447. The zero-order valence-corrected chi connectivity index (χ0v) is 7.05. The van der Waals surface area contributed by atoms with Gasteiger partial charge in [0.25, 0.3) is 0 Å². The lowest BCUT2D eigenvalue weighted by Gasteiger charge is -2.12. The van der Waals surface area contributed by atoms with E-state index in [1.54, 1.807) is 0 Å². The first-order valence-corrected chi connectivity index (χ1v) is 3.74. The molecule has 0 fully saturated rings. The number of rotatable bonds is 2. The number of hydrogen-bond acceptors (Lipinski definition) is 5. The highest BCUT2D eigenvalue weighted by Gasteiger charge is 2.21. The van der Waals surface area contributed by atoms with Gasteiger partial charge in [-0.2, -0.15) is 9.65 Å². The molecule has 2 atom stereocenters. The predicted octanol–water partition coefficient (Wildman–Crippen LogP) is -0.279. The highest BCUT2D eigenvalue weighted by Crippen LogP contribution is 2.20. The van der Waals surface area contributed by atoms with E-state index < -0.39 is 18.2 Å². The summed E-state index contributed by atoms with van der Waals surface area (Å²) in [5.41, 5.74) is 5.16. The number of nitrogens with two attached hydrogens (primary N) is 1. The van der Waals surface area contributed by atoms with Crippen molar-refractivity contribution in [3.63, 3.8) is 0 Å². The van der Waals surface area contributed by atoms with Crippen LogP contribution in [0.1, 0.15) is 11.8 Å². The Balaban J connectivity index is 3.07. The molecule has 0 saturated carbocycles. The van der Waals surface area contributed by atoms with Crippen LogP contribution >= 0.6 is 0 Å². The summed E-state index contributed by atoms with van der Waals surface area (Å²) in [6.07, 6.45) is -3.28. The van der Waals surface area contributed by atoms with Gasteiger partial charge in [-0.3, -0.25) is 0 Å².